The minimum absolute atomic E-state index is 0.471. The van der Waals surface area contributed by atoms with Gasteiger partial charge in [-0.2, -0.15) is 0 Å². The van der Waals surface area contributed by atoms with E-state index in [1.54, 1.807) is 0 Å². The topological polar surface area (TPSA) is 36.2 Å². The standard InChI is InChI=1S/C6H10N2S/c1-4(2)5-3-9-6(7)8-5/h4,7H,3H2,1-2H3. The van der Waals surface area contributed by atoms with E-state index in [0.29, 0.717) is 11.1 Å². The lowest BCUT2D eigenvalue weighted by molar-refractivity contribution is 0.884. The fourth-order valence-electron chi connectivity index (χ4n) is 0.633. The van der Waals surface area contributed by atoms with Crippen molar-refractivity contribution in [3.8, 4) is 0 Å². The van der Waals surface area contributed by atoms with Crippen LogP contribution in [0.15, 0.2) is 4.99 Å². The van der Waals surface area contributed by atoms with Gasteiger partial charge in [0, 0.05) is 11.5 Å². The van der Waals surface area contributed by atoms with Crippen LogP contribution in [0.4, 0.5) is 0 Å². The van der Waals surface area contributed by atoms with E-state index in [1.165, 1.54) is 11.8 Å². The molecule has 0 amide bonds. The Morgan fingerprint density at radius 1 is 1.67 bits per heavy atom. The number of thioether (sulfide) groups is 1. The summed E-state index contributed by atoms with van der Waals surface area (Å²) in [5.74, 6) is 1.44. The summed E-state index contributed by atoms with van der Waals surface area (Å²) in [5.41, 5.74) is 1.16. The molecule has 1 N–H and O–H groups in total. The molecule has 3 heteroatoms. The first-order chi connectivity index (χ1) is 4.20. The highest BCUT2D eigenvalue weighted by Gasteiger charge is 2.13. The monoisotopic (exact) mass is 142 g/mol. The van der Waals surface area contributed by atoms with Crippen molar-refractivity contribution < 1.29 is 0 Å². The molecule has 0 atom stereocenters. The summed E-state index contributed by atoms with van der Waals surface area (Å²) >= 11 is 1.51. The number of hydrogen-bond acceptors (Lipinski definition) is 2. The molecule has 0 saturated carbocycles. The summed E-state index contributed by atoms with van der Waals surface area (Å²) in [4.78, 5) is 4.05. The van der Waals surface area contributed by atoms with E-state index >= 15 is 0 Å². The minimum Gasteiger partial charge on any atom is -0.277 e. The zero-order valence-corrected chi connectivity index (χ0v) is 6.46. The summed E-state index contributed by atoms with van der Waals surface area (Å²) in [6.07, 6.45) is 0. The van der Waals surface area contributed by atoms with Crippen LogP contribution in [0.25, 0.3) is 0 Å². The predicted octanol–water partition coefficient (Wildman–Crippen LogP) is 1.76. The van der Waals surface area contributed by atoms with Crippen LogP contribution >= 0.6 is 11.8 Å². The zero-order valence-electron chi connectivity index (χ0n) is 5.64. The van der Waals surface area contributed by atoms with E-state index in [1.807, 2.05) is 0 Å². The third-order valence-corrected chi connectivity index (χ3v) is 2.07. The molecule has 0 spiro atoms. The quantitative estimate of drug-likeness (QED) is 0.595. The van der Waals surface area contributed by atoms with Gasteiger partial charge < -0.3 is 0 Å². The van der Waals surface area contributed by atoms with Crippen molar-refractivity contribution in [1.82, 2.24) is 0 Å². The zero-order chi connectivity index (χ0) is 6.85. The number of nitrogens with zero attached hydrogens (tertiary/aromatic N) is 1. The Balaban J connectivity index is 2.62. The molecule has 1 aliphatic rings. The van der Waals surface area contributed by atoms with E-state index in [4.69, 9.17) is 5.41 Å². The molecule has 9 heavy (non-hydrogen) atoms. The first kappa shape index (κ1) is 6.81. The van der Waals surface area contributed by atoms with Crippen molar-refractivity contribution in [2.24, 2.45) is 10.9 Å². The molecule has 1 heterocycles. The number of aliphatic imine (C=N–C) groups is 1. The van der Waals surface area contributed by atoms with Crippen LogP contribution < -0.4 is 0 Å². The van der Waals surface area contributed by atoms with E-state index in [-0.39, 0.29) is 0 Å². The molecule has 0 bridgehead atoms. The second-order valence-electron chi connectivity index (χ2n) is 2.35. The molecule has 0 saturated heterocycles. The van der Waals surface area contributed by atoms with E-state index in [9.17, 15) is 0 Å². The first-order valence-electron chi connectivity index (χ1n) is 2.99. The maximum Gasteiger partial charge on any atom is 0.180 e. The SMILES string of the molecule is CC(C)C1=NC(=N)SC1. The normalized spacial score (nSPS) is 19.0. The third-order valence-electron chi connectivity index (χ3n) is 1.27. The minimum atomic E-state index is 0.471. The lowest BCUT2D eigenvalue weighted by Crippen LogP contribution is -2.05. The molecule has 0 unspecified atom stereocenters. The molecule has 1 aliphatic heterocycles. The summed E-state index contributed by atoms with van der Waals surface area (Å²) in [5, 5.41) is 7.62. The van der Waals surface area contributed by atoms with Crippen LogP contribution in [-0.2, 0) is 0 Å². The number of hydrogen-bond donors (Lipinski definition) is 1. The molecular formula is C6H10N2S. The number of amidine groups is 1. The smallest absolute Gasteiger partial charge is 0.180 e. The predicted molar refractivity (Wildman–Crippen MR) is 42.5 cm³/mol. The molecule has 50 valence electrons. The summed E-state index contributed by atoms with van der Waals surface area (Å²) in [6, 6.07) is 0. The lowest BCUT2D eigenvalue weighted by atomic mass is 10.1. The average Bonchev–Trinajstić information content (AvgIpc) is 2.14. The Kier molecular flexibility index (Phi) is 1.90. The van der Waals surface area contributed by atoms with Crippen LogP contribution in [0, 0.1) is 11.3 Å². The second kappa shape index (κ2) is 2.52. The van der Waals surface area contributed by atoms with Crippen LogP contribution in [0.2, 0.25) is 0 Å². The molecule has 1 rings (SSSR count). The van der Waals surface area contributed by atoms with Crippen LogP contribution in [0.1, 0.15) is 13.8 Å². The van der Waals surface area contributed by atoms with Gasteiger partial charge in [-0.3, -0.25) is 5.41 Å². The summed E-state index contributed by atoms with van der Waals surface area (Å²) in [7, 11) is 0. The van der Waals surface area contributed by atoms with Crippen molar-refractivity contribution in [3.63, 3.8) is 0 Å². The van der Waals surface area contributed by atoms with Crippen molar-refractivity contribution in [1.29, 1.82) is 5.41 Å². The summed E-state index contributed by atoms with van der Waals surface area (Å²) < 4.78 is 0. The third kappa shape index (κ3) is 1.55. The van der Waals surface area contributed by atoms with Gasteiger partial charge in [0.1, 0.15) is 0 Å². The molecule has 0 radical (unpaired) electrons. The Morgan fingerprint density at radius 3 is 2.56 bits per heavy atom. The Hall–Kier alpha value is -0.310. The van der Waals surface area contributed by atoms with E-state index in [0.717, 1.165) is 11.5 Å². The number of nitrogens with one attached hydrogen (secondary N) is 1. The molecule has 0 aromatic heterocycles. The van der Waals surface area contributed by atoms with Crippen molar-refractivity contribution in [2.45, 2.75) is 13.8 Å². The molecule has 0 fully saturated rings. The van der Waals surface area contributed by atoms with Gasteiger partial charge >= 0.3 is 0 Å². The molecule has 0 aromatic carbocycles. The molecule has 2 nitrogen and oxygen atoms in total. The molecular weight excluding hydrogens is 132 g/mol. The van der Waals surface area contributed by atoms with Crippen LogP contribution in [0.3, 0.4) is 0 Å². The van der Waals surface area contributed by atoms with Gasteiger partial charge in [-0.05, 0) is 5.92 Å². The van der Waals surface area contributed by atoms with Gasteiger partial charge in [0.15, 0.2) is 5.17 Å². The van der Waals surface area contributed by atoms with E-state index < -0.39 is 0 Å². The summed E-state index contributed by atoms with van der Waals surface area (Å²) in [6.45, 7) is 4.22. The molecule has 0 aromatic rings. The van der Waals surface area contributed by atoms with Crippen molar-refractivity contribution in [3.05, 3.63) is 0 Å². The van der Waals surface area contributed by atoms with Crippen molar-refractivity contribution >= 4 is 22.6 Å². The van der Waals surface area contributed by atoms with Gasteiger partial charge in [-0.15, -0.1) is 0 Å². The van der Waals surface area contributed by atoms with Gasteiger partial charge in [-0.25, -0.2) is 4.99 Å². The van der Waals surface area contributed by atoms with E-state index in [2.05, 4.69) is 18.8 Å². The van der Waals surface area contributed by atoms with Gasteiger partial charge in [0.2, 0.25) is 0 Å². The Bertz CT molecular complexity index is 160. The van der Waals surface area contributed by atoms with Gasteiger partial charge in [-0.1, -0.05) is 25.6 Å². The lowest BCUT2D eigenvalue weighted by Gasteiger charge is -1.98. The number of rotatable bonds is 1. The van der Waals surface area contributed by atoms with Crippen LogP contribution in [0.5, 0.6) is 0 Å². The largest absolute Gasteiger partial charge is 0.277 e. The van der Waals surface area contributed by atoms with Crippen LogP contribution in [-0.4, -0.2) is 16.6 Å². The van der Waals surface area contributed by atoms with Crippen molar-refractivity contribution in [2.75, 3.05) is 5.75 Å². The maximum atomic E-state index is 7.15. The van der Waals surface area contributed by atoms with Gasteiger partial charge in [0.05, 0.1) is 0 Å². The maximum absolute atomic E-state index is 7.15. The fraction of sp³-hybridized carbons (Fsp3) is 0.667. The average molecular weight is 142 g/mol. The second-order valence-corrected chi connectivity index (χ2v) is 3.32. The first-order valence-corrected chi connectivity index (χ1v) is 3.97. The fourth-order valence-corrected chi connectivity index (χ4v) is 1.50. The molecule has 0 aliphatic carbocycles. The Morgan fingerprint density at radius 2 is 2.33 bits per heavy atom. The highest BCUT2D eigenvalue weighted by Crippen LogP contribution is 2.16. The Labute approximate surface area is 59.3 Å². The van der Waals surface area contributed by atoms with Gasteiger partial charge in [0.25, 0.3) is 0 Å². The highest BCUT2D eigenvalue weighted by atomic mass is 32.2. The highest BCUT2D eigenvalue weighted by molar-refractivity contribution is 8.14.